The van der Waals surface area contributed by atoms with Crippen LogP contribution in [0.3, 0.4) is 0 Å². The molecule has 1 aliphatic heterocycles. The van der Waals surface area contributed by atoms with Gasteiger partial charge in [-0.25, -0.2) is 14.4 Å². The van der Waals surface area contributed by atoms with Crippen LogP contribution in [0.1, 0.15) is 18.7 Å². The Hall–Kier alpha value is -3.79. The van der Waals surface area contributed by atoms with Crippen molar-refractivity contribution in [3.63, 3.8) is 0 Å². The van der Waals surface area contributed by atoms with Crippen molar-refractivity contribution < 1.29 is 19.0 Å². The Morgan fingerprint density at radius 1 is 1.21 bits per heavy atom. The molecule has 178 valence electrons. The Morgan fingerprint density at radius 2 is 2.00 bits per heavy atom. The maximum Gasteiger partial charge on any atom is 0.306 e. The van der Waals surface area contributed by atoms with Crippen LogP contribution in [0, 0.1) is 11.7 Å². The molecule has 4 heterocycles. The number of benzene rings is 1. The standard InChI is InChI=1S/C15H18FN3O2.C9H9N3O/c16-11-2-1-3-12-14(11)18-13(17-12)6-9-19-7-4-10(5-8-19)15(20)21;1-13-8-3-2-7-9(12-8)6(10)4-5-11-7/h1-3,10H,4-9H2,(H,17,18)(H,20,21);2-5H,1H3,(H2,10,11). The van der Waals surface area contributed by atoms with Crippen LogP contribution >= 0.6 is 0 Å². The number of rotatable bonds is 5. The van der Waals surface area contributed by atoms with Crippen molar-refractivity contribution in [2.45, 2.75) is 19.3 Å². The van der Waals surface area contributed by atoms with E-state index in [9.17, 15) is 9.18 Å². The van der Waals surface area contributed by atoms with Crippen molar-refractivity contribution in [3.05, 3.63) is 54.2 Å². The Bertz CT molecular complexity index is 1290. The van der Waals surface area contributed by atoms with Gasteiger partial charge in [-0.2, -0.15) is 0 Å². The highest BCUT2D eigenvalue weighted by molar-refractivity contribution is 5.86. The minimum Gasteiger partial charge on any atom is -0.481 e. The summed E-state index contributed by atoms with van der Waals surface area (Å²) in [6.45, 7) is 2.41. The zero-order chi connectivity index (χ0) is 24.1. The number of aromatic amines is 1. The summed E-state index contributed by atoms with van der Waals surface area (Å²) in [6.07, 6.45) is 3.77. The Kier molecular flexibility index (Phi) is 7.17. The van der Waals surface area contributed by atoms with Gasteiger partial charge in [0.05, 0.1) is 29.7 Å². The third-order valence-electron chi connectivity index (χ3n) is 5.91. The first kappa shape index (κ1) is 23.4. The SMILES string of the molecule is COc1ccc2nccc(N)c2n1.O=C(O)C1CCN(CCc2nc3c(F)cccc3[nH]2)CC1. The molecule has 4 aromatic rings. The number of piperidine rings is 1. The van der Waals surface area contributed by atoms with Gasteiger partial charge in [0.2, 0.25) is 5.88 Å². The van der Waals surface area contributed by atoms with Crippen molar-refractivity contribution in [2.75, 3.05) is 32.5 Å². The molecular formula is C24H27FN6O3. The number of para-hydroxylation sites is 1. The third kappa shape index (κ3) is 5.40. The lowest BCUT2D eigenvalue weighted by molar-refractivity contribution is -0.143. The van der Waals surface area contributed by atoms with E-state index < -0.39 is 5.97 Å². The number of pyridine rings is 2. The Labute approximate surface area is 195 Å². The van der Waals surface area contributed by atoms with Crippen molar-refractivity contribution in [1.29, 1.82) is 0 Å². The summed E-state index contributed by atoms with van der Waals surface area (Å²) in [5.41, 5.74) is 8.90. The number of likely N-dealkylation sites (tertiary alicyclic amines) is 1. The summed E-state index contributed by atoms with van der Waals surface area (Å²) in [5, 5.41) is 8.97. The molecule has 1 fully saturated rings. The number of carbonyl (C=O) groups is 1. The number of halogens is 1. The molecule has 4 N–H and O–H groups in total. The molecule has 0 atom stereocenters. The largest absolute Gasteiger partial charge is 0.481 e. The number of carboxylic acids is 1. The number of methoxy groups -OCH3 is 1. The Morgan fingerprint density at radius 3 is 2.71 bits per heavy atom. The number of ether oxygens (including phenoxy) is 1. The first-order valence-corrected chi connectivity index (χ1v) is 11.1. The van der Waals surface area contributed by atoms with Crippen LogP contribution in [-0.2, 0) is 11.2 Å². The van der Waals surface area contributed by atoms with Crippen molar-refractivity contribution in [1.82, 2.24) is 24.8 Å². The van der Waals surface area contributed by atoms with Crippen LogP contribution in [0.15, 0.2) is 42.6 Å². The van der Waals surface area contributed by atoms with Gasteiger partial charge in [0.15, 0.2) is 5.82 Å². The minimum atomic E-state index is -0.692. The van der Waals surface area contributed by atoms with Gasteiger partial charge in [-0.1, -0.05) is 6.07 Å². The van der Waals surface area contributed by atoms with E-state index in [0.29, 0.717) is 41.9 Å². The van der Waals surface area contributed by atoms with Crippen LogP contribution in [0.2, 0.25) is 0 Å². The summed E-state index contributed by atoms with van der Waals surface area (Å²) < 4.78 is 18.5. The molecule has 5 rings (SSSR count). The number of nitrogens with zero attached hydrogens (tertiary/aromatic N) is 4. The maximum atomic E-state index is 13.6. The molecule has 0 unspecified atom stereocenters. The molecule has 0 spiro atoms. The number of nitrogens with one attached hydrogen (secondary N) is 1. The summed E-state index contributed by atoms with van der Waals surface area (Å²) in [5.74, 6) is 0.115. The van der Waals surface area contributed by atoms with E-state index in [1.807, 2.05) is 12.1 Å². The second kappa shape index (κ2) is 10.4. The van der Waals surface area contributed by atoms with E-state index >= 15 is 0 Å². The zero-order valence-corrected chi connectivity index (χ0v) is 18.9. The fourth-order valence-electron chi connectivity index (χ4n) is 3.98. The molecule has 0 radical (unpaired) electrons. The van der Waals surface area contributed by atoms with Gasteiger partial charge < -0.3 is 25.5 Å². The van der Waals surface area contributed by atoms with Crippen LogP contribution in [-0.4, -0.2) is 62.7 Å². The molecular weight excluding hydrogens is 439 g/mol. The average molecular weight is 467 g/mol. The van der Waals surface area contributed by atoms with Crippen LogP contribution in [0.4, 0.5) is 10.1 Å². The van der Waals surface area contributed by atoms with E-state index in [1.54, 1.807) is 31.5 Å². The van der Waals surface area contributed by atoms with Gasteiger partial charge in [0.25, 0.3) is 0 Å². The number of nitrogens with two attached hydrogens (primary N) is 1. The maximum absolute atomic E-state index is 13.6. The molecule has 1 aromatic carbocycles. The fraction of sp³-hybridized carbons (Fsp3) is 0.333. The molecule has 1 saturated heterocycles. The smallest absolute Gasteiger partial charge is 0.306 e. The number of hydrogen-bond donors (Lipinski definition) is 3. The number of aromatic nitrogens is 4. The number of H-pyrrole nitrogens is 1. The number of aliphatic carboxylic acids is 1. The normalized spacial score (nSPS) is 14.6. The van der Waals surface area contributed by atoms with E-state index in [4.69, 9.17) is 15.6 Å². The quantitative estimate of drug-likeness (QED) is 0.409. The van der Waals surface area contributed by atoms with Crippen molar-refractivity contribution in [2.24, 2.45) is 5.92 Å². The molecule has 9 nitrogen and oxygen atoms in total. The highest BCUT2D eigenvalue weighted by atomic mass is 19.1. The number of anilines is 1. The minimum absolute atomic E-state index is 0.207. The van der Waals surface area contributed by atoms with Gasteiger partial charge in [-0.05, 0) is 50.2 Å². The van der Waals surface area contributed by atoms with Crippen LogP contribution < -0.4 is 10.5 Å². The van der Waals surface area contributed by atoms with Gasteiger partial charge in [0, 0.05) is 25.2 Å². The van der Waals surface area contributed by atoms with Crippen LogP contribution in [0.25, 0.3) is 22.1 Å². The van der Waals surface area contributed by atoms with E-state index in [1.165, 1.54) is 6.07 Å². The van der Waals surface area contributed by atoms with Crippen LogP contribution in [0.5, 0.6) is 5.88 Å². The van der Waals surface area contributed by atoms with Gasteiger partial charge in [-0.15, -0.1) is 0 Å². The molecule has 10 heteroatoms. The van der Waals surface area contributed by atoms with Crippen molar-refractivity contribution in [3.8, 4) is 5.88 Å². The first-order valence-electron chi connectivity index (χ1n) is 11.1. The van der Waals surface area contributed by atoms with E-state index in [2.05, 4.69) is 24.8 Å². The lowest BCUT2D eigenvalue weighted by Gasteiger charge is -2.29. The number of nitrogen functional groups attached to an aromatic ring is 1. The second-order valence-electron chi connectivity index (χ2n) is 8.15. The highest BCUT2D eigenvalue weighted by Crippen LogP contribution is 2.20. The van der Waals surface area contributed by atoms with Gasteiger partial charge >= 0.3 is 5.97 Å². The monoisotopic (exact) mass is 466 g/mol. The molecule has 0 saturated carbocycles. The van der Waals surface area contributed by atoms with E-state index in [0.717, 1.165) is 36.5 Å². The number of fused-ring (bicyclic) bond motifs is 2. The zero-order valence-electron chi connectivity index (χ0n) is 18.9. The van der Waals surface area contributed by atoms with E-state index in [-0.39, 0.29) is 11.7 Å². The molecule has 0 amide bonds. The number of imidazole rings is 1. The second-order valence-corrected chi connectivity index (χ2v) is 8.15. The predicted octanol–water partition coefficient (Wildman–Crippen LogP) is 3.26. The predicted molar refractivity (Wildman–Crippen MR) is 127 cm³/mol. The Balaban J connectivity index is 0.000000180. The lowest BCUT2D eigenvalue weighted by Crippen LogP contribution is -2.37. The van der Waals surface area contributed by atoms with Gasteiger partial charge in [-0.3, -0.25) is 9.78 Å². The summed E-state index contributed by atoms with van der Waals surface area (Å²) >= 11 is 0. The molecule has 0 aliphatic carbocycles. The average Bonchev–Trinajstić information content (AvgIpc) is 3.28. The highest BCUT2D eigenvalue weighted by Gasteiger charge is 2.24. The van der Waals surface area contributed by atoms with Gasteiger partial charge in [0.1, 0.15) is 16.9 Å². The number of hydrogen-bond acceptors (Lipinski definition) is 7. The molecule has 34 heavy (non-hydrogen) atoms. The topological polar surface area (TPSA) is 130 Å². The first-order chi connectivity index (χ1) is 16.4. The third-order valence-corrected chi connectivity index (χ3v) is 5.91. The molecule has 1 aliphatic rings. The summed E-state index contributed by atoms with van der Waals surface area (Å²) in [7, 11) is 1.57. The molecule has 0 bridgehead atoms. The number of carboxylic acid groups (broad SMARTS) is 1. The summed E-state index contributed by atoms with van der Waals surface area (Å²) in [4.78, 5) is 28.9. The molecule has 3 aromatic heterocycles. The lowest BCUT2D eigenvalue weighted by atomic mass is 9.97. The van der Waals surface area contributed by atoms with Crippen molar-refractivity contribution >= 4 is 33.7 Å². The fourth-order valence-corrected chi connectivity index (χ4v) is 3.98. The summed E-state index contributed by atoms with van der Waals surface area (Å²) in [6, 6.07) is 10.2.